The van der Waals surface area contributed by atoms with Crippen LogP contribution in [0, 0.1) is 5.41 Å². The van der Waals surface area contributed by atoms with Crippen molar-refractivity contribution in [2.45, 2.75) is 13.0 Å². The van der Waals surface area contributed by atoms with E-state index in [4.69, 9.17) is 4.74 Å². The van der Waals surface area contributed by atoms with Crippen molar-refractivity contribution in [3.8, 4) is 0 Å². The Hall–Kier alpha value is -2.15. The third kappa shape index (κ3) is 2.44. The average Bonchev–Trinajstić information content (AvgIpc) is 2.81. The summed E-state index contributed by atoms with van der Waals surface area (Å²) in [4.78, 5) is 27.1. The van der Waals surface area contributed by atoms with Gasteiger partial charge in [-0.3, -0.25) is 4.79 Å². The lowest BCUT2D eigenvalue weighted by Crippen LogP contribution is -2.43. The maximum absolute atomic E-state index is 11.7. The number of pyridine rings is 1. The number of hydrogen-bond acceptors (Lipinski definition) is 6. The van der Waals surface area contributed by atoms with E-state index in [2.05, 4.69) is 15.0 Å². The van der Waals surface area contributed by atoms with Crippen LogP contribution in [0.15, 0.2) is 18.3 Å². The van der Waals surface area contributed by atoms with Crippen molar-refractivity contribution in [1.29, 1.82) is 0 Å². The van der Waals surface area contributed by atoms with Gasteiger partial charge in [0.25, 0.3) is 0 Å². The van der Waals surface area contributed by atoms with E-state index in [-0.39, 0.29) is 18.8 Å². The van der Waals surface area contributed by atoms with Crippen LogP contribution in [0.5, 0.6) is 0 Å². The highest BCUT2D eigenvalue weighted by atomic mass is 16.5. The van der Waals surface area contributed by atoms with Gasteiger partial charge in [0.1, 0.15) is 16.8 Å². The van der Waals surface area contributed by atoms with Gasteiger partial charge in [-0.05, 0) is 19.1 Å². The molecule has 0 aromatic carbocycles. The molecule has 0 spiro atoms. The van der Waals surface area contributed by atoms with Gasteiger partial charge in [-0.1, -0.05) is 0 Å². The lowest BCUT2D eigenvalue weighted by Gasteiger charge is -2.26. The second kappa shape index (κ2) is 5.46. The molecule has 1 aromatic heterocycles. The largest absolute Gasteiger partial charge is 0.481 e. The minimum absolute atomic E-state index is 0.111. The Labute approximate surface area is 115 Å². The summed E-state index contributed by atoms with van der Waals surface area (Å²) in [5, 5.41) is 12.3. The fraction of sp³-hybridized carbons (Fsp3) is 0.462. The molecule has 0 saturated carbocycles. The quantitative estimate of drug-likeness (QED) is 0.786. The van der Waals surface area contributed by atoms with Crippen LogP contribution < -0.4 is 5.32 Å². The van der Waals surface area contributed by atoms with E-state index in [0.717, 1.165) is 0 Å². The highest BCUT2D eigenvalue weighted by Crippen LogP contribution is 2.31. The van der Waals surface area contributed by atoms with E-state index < -0.39 is 23.4 Å². The summed E-state index contributed by atoms with van der Waals surface area (Å²) >= 11 is 0. The highest BCUT2D eigenvalue weighted by molar-refractivity contribution is 5.94. The first-order chi connectivity index (χ1) is 9.49. The fourth-order valence-corrected chi connectivity index (χ4v) is 2.05. The summed E-state index contributed by atoms with van der Waals surface area (Å²) < 4.78 is 9.92. The van der Waals surface area contributed by atoms with Crippen LogP contribution in [0.4, 0.5) is 5.82 Å². The molecule has 0 radical (unpaired) electrons. The van der Waals surface area contributed by atoms with E-state index in [1.54, 1.807) is 19.1 Å². The van der Waals surface area contributed by atoms with Crippen molar-refractivity contribution < 1.29 is 24.2 Å². The van der Waals surface area contributed by atoms with Gasteiger partial charge >= 0.3 is 11.9 Å². The molecule has 2 N–H and O–H groups in total. The zero-order valence-corrected chi connectivity index (χ0v) is 11.3. The number of aliphatic carboxylic acids is 1. The average molecular weight is 280 g/mol. The number of carbonyl (C=O) groups excluding carboxylic acids is 1. The molecule has 1 aliphatic rings. The normalized spacial score (nSPS) is 25.2. The Morgan fingerprint density at radius 3 is 3.00 bits per heavy atom. The van der Waals surface area contributed by atoms with E-state index in [1.165, 1.54) is 13.3 Å². The van der Waals surface area contributed by atoms with Crippen molar-refractivity contribution in [1.82, 2.24) is 4.98 Å². The molecule has 2 rings (SSSR count). The minimum Gasteiger partial charge on any atom is -0.481 e. The number of rotatable bonds is 4. The molecule has 0 bridgehead atoms. The van der Waals surface area contributed by atoms with Crippen LogP contribution in [-0.4, -0.2) is 48.4 Å². The number of esters is 1. The lowest BCUT2D eigenvalue weighted by atomic mass is 9.85. The van der Waals surface area contributed by atoms with Gasteiger partial charge in [0, 0.05) is 6.20 Å². The molecule has 7 heteroatoms. The van der Waals surface area contributed by atoms with Gasteiger partial charge in [-0.15, -0.1) is 0 Å². The van der Waals surface area contributed by atoms with Crippen molar-refractivity contribution in [3.05, 3.63) is 23.9 Å². The Morgan fingerprint density at radius 1 is 1.60 bits per heavy atom. The van der Waals surface area contributed by atoms with Crippen LogP contribution in [0.1, 0.15) is 17.3 Å². The third-order valence-electron chi connectivity index (χ3n) is 3.47. The van der Waals surface area contributed by atoms with Gasteiger partial charge in [0.05, 0.1) is 26.4 Å². The molecular weight excluding hydrogens is 264 g/mol. The smallest absolute Gasteiger partial charge is 0.341 e. The first-order valence-corrected chi connectivity index (χ1v) is 6.10. The summed E-state index contributed by atoms with van der Waals surface area (Å²) in [6.07, 6.45) is 1.52. The van der Waals surface area contributed by atoms with Gasteiger partial charge < -0.3 is 19.9 Å². The Morgan fingerprint density at radius 2 is 2.35 bits per heavy atom. The third-order valence-corrected chi connectivity index (χ3v) is 3.47. The zero-order valence-electron chi connectivity index (χ0n) is 11.3. The van der Waals surface area contributed by atoms with Crippen LogP contribution in [0.25, 0.3) is 0 Å². The zero-order chi connectivity index (χ0) is 14.8. The van der Waals surface area contributed by atoms with Crippen LogP contribution in [0.3, 0.4) is 0 Å². The molecule has 20 heavy (non-hydrogen) atoms. The number of carbonyl (C=O) groups is 2. The molecule has 0 amide bonds. The Kier molecular flexibility index (Phi) is 3.89. The van der Waals surface area contributed by atoms with Gasteiger partial charge in [0.15, 0.2) is 0 Å². The number of aromatic nitrogens is 1. The predicted octanol–water partition coefficient (Wildman–Crippen LogP) is 0.770. The van der Waals surface area contributed by atoms with Crippen molar-refractivity contribution in [3.63, 3.8) is 0 Å². The van der Waals surface area contributed by atoms with Crippen molar-refractivity contribution >= 4 is 17.8 Å². The monoisotopic (exact) mass is 280 g/mol. The molecule has 1 aromatic rings. The summed E-state index contributed by atoms with van der Waals surface area (Å²) in [5.41, 5.74) is -0.806. The van der Waals surface area contributed by atoms with Crippen LogP contribution in [0.2, 0.25) is 0 Å². The molecule has 108 valence electrons. The Balaban J connectivity index is 2.26. The van der Waals surface area contributed by atoms with E-state index in [1.807, 2.05) is 0 Å². The molecule has 7 nitrogen and oxygen atoms in total. The summed E-state index contributed by atoms with van der Waals surface area (Å²) in [7, 11) is 1.28. The van der Waals surface area contributed by atoms with Crippen LogP contribution >= 0.6 is 0 Å². The standard InChI is InChI=1S/C13H16N2O5/c1-13(12(17)18)7-20-6-9(13)15-10-8(11(16)19-2)4-3-5-14-10/h3-5,9H,6-7H2,1-2H3,(H,14,15)(H,17,18). The Bertz CT molecular complexity index is 533. The van der Waals surface area contributed by atoms with Gasteiger partial charge in [-0.25, -0.2) is 9.78 Å². The van der Waals surface area contributed by atoms with Gasteiger partial charge in [0.2, 0.25) is 0 Å². The highest BCUT2D eigenvalue weighted by Gasteiger charge is 2.47. The SMILES string of the molecule is COC(=O)c1cccnc1NC1COCC1(C)C(=O)O. The number of ether oxygens (including phenoxy) is 2. The summed E-state index contributed by atoms with van der Waals surface area (Å²) in [6, 6.07) is 2.70. The lowest BCUT2D eigenvalue weighted by molar-refractivity contribution is -0.148. The fourth-order valence-electron chi connectivity index (χ4n) is 2.05. The second-order valence-electron chi connectivity index (χ2n) is 4.83. The number of carboxylic acid groups (broad SMARTS) is 1. The van der Waals surface area contributed by atoms with E-state index >= 15 is 0 Å². The van der Waals surface area contributed by atoms with E-state index in [0.29, 0.717) is 5.82 Å². The minimum atomic E-state index is -1.06. The summed E-state index contributed by atoms with van der Waals surface area (Å²) in [5.74, 6) is -1.19. The molecule has 1 saturated heterocycles. The number of nitrogens with one attached hydrogen (secondary N) is 1. The first-order valence-electron chi connectivity index (χ1n) is 6.10. The molecule has 2 unspecified atom stereocenters. The molecule has 2 atom stereocenters. The molecule has 2 heterocycles. The predicted molar refractivity (Wildman–Crippen MR) is 69.5 cm³/mol. The second-order valence-corrected chi connectivity index (χ2v) is 4.83. The van der Waals surface area contributed by atoms with Crippen molar-refractivity contribution in [2.24, 2.45) is 5.41 Å². The molecular formula is C13H16N2O5. The molecule has 1 aliphatic heterocycles. The number of anilines is 1. The van der Waals surface area contributed by atoms with Crippen molar-refractivity contribution in [2.75, 3.05) is 25.6 Å². The first kappa shape index (κ1) is 14.3. The number of hydrogen-bond donors (Lipinski definition) is 2. The number of methoxy groups -OCH3 is 1. The molecule has 1 fully saturated rings. The summed E-state index contributed by atoms with van der Waals surface area (Å²) in [6.45, 7) is 1.95. The topological polar surface area (TPSA) is 97.8 Å². The van der Waals surface area contributed by atoms with Gasteiger partial charge in [-0.2, -0.15) is 0 Å². The maximum atomic E-state index is 11.7. The van der Waals surface area contributed by atoms with Crippen LogP contribution in [-0.2, 0) is 14.3 Å². The maximum Gasteiger partial charge on any atom is 0.341 e. The number of nitrogens with zero attached hydrogens (tertiary/aromatic N) is 1. The number of carboxylic acids is 1. The molecule has 0 aliphatic carbocycles. The van der Waals surface area contributed by atoms with E-state index in [9.17, 15) is 14.7 Å².